The van der Waals surface area contributed by atoms with Crippen molar-refractivity contribution in [1.29, 1.82) is 0 Å². The molecular weight excluding hydrogens is 723 g/mol. The number of nitrogens with one attached hydrogen (secondary N) is 3. The van der Waals surface area contributed by atoms with Gasteiger partial charge in [-0.3, -0.25) is 33.4 Å². The molecule has 21 heteroatoms. The summed E-state index contributed by atoms with van der Waals surface area (Å²) in [5, 5.41) is 24.3. The molecule has 3 amide bonds. The van der Waals surface area contributed by atoms with E-state index in [9.17, 15) is 53.3 Å². The van der Waals surface area contributed by atoms with Crippen LogP contribution in [0.15, 0.2) is 49.3 Å². The molecule has 0 saturated carbocycles. The smallest absolute Gasteiger partial charge is 0.408 e. The second-order valence-corrected chi connectivity index (χ2v) is 16.7. The molecule has 1 aromatic heterocycles. The van der Waals surface area contributed by atoms with Gasteiger partial charge in [0, 0.05) is 51.8 Å². The first-order chi connectivity index (χ1) is 24.2. The summed E-state index contributed by atoms with van der Waals surface area (Å²) in [5.74, 6) is -3.03. The van der Waals surface area contributed by atoms with Gasteiger partial charge in [-0.25, -0.2) is 0 Å². The Morgan fingerprint density at radius 1 is 1.04 bits per heavy atom. The monoisotopic (exact) mass is 773 g/mol. The summed E-state index contributed by atoms with van der Waals surface area (Å²) in [6.45, 7) is 11.8. The molecule has 2 rings (SSSR count). The third-order valence-electron chi connectivity index (χ3n) is 7.94. The van der Waals surface area contributed by atoms with E-state index in [0.29, 0.717) is 25.1 Å². The average Bonchev–Trinajstić information content (AvgIpc) is 3.02. The minimum Gasteiger partial charge on any atom is -0.408 e. The molecule has 2 heterocycles. The molecule has 1 unspecified atom stereocenters. The van der Waals surface area contributed by atoms with Crippen LogP contribution in [0.3, 0.4) is 0 Å². The molecule has 52 heavy (non-hydrogen) atoms. The molecule has 290 valence electrons. The van der Waals surface area contributed by atoms with Gasteiger partial charge in [-0.1, -0.05) is 44.7 Å². The summed E-state index contributed by atoms with van der Waals surface area (Å²) >= 11 is 0. The number of aliphatic hydroxyl groups excluding tert-OH is 1. The fraction of sp³-hybridized carbons (Fsp3) is 0.548. The fourth-order valence-corrected chi connectivity index (χ4v) is 7.08. The topological polar surface area (TPSA) is 277 Å². The van der Waals surface area contributed by atoms with Crippen molar-refractivity contribution >= 4 is 45.6 Å². The maximum absolute atomic E-state index is 13.5. The Balaban J connectivity index is 2.01. The molecule has 9 N–H and O–H groups in total. The van der Waals surface area contributed by atoms with Gasteiger partial charge in [-0.05, 0) is 43.4 Å². The summed E-state index contributed by atoms with van der Waals surface area (Å²) in [6, 6.07) is 0.303. The summed E-state index contributed by atoms with van der Waals surface area (Å²) in [5.41, 5.74) is 1.72. The maximum atomic E-state index is 13.5. The number of allylic oxidation sites excluding steroid dienone is 5. The highest BCUT2D eigenvalue weighted by atomic mass is 31.2. The second-order valence-electron chi connectivity index (χ2n) is 12.7. The van der Waals surface area contributed by atoms with Crippen LogP contribution >= 0.6 is 15.2 Å². The second kappa shape index (κ2) is 20.4. The van der Waals surface area contributed by atoms with Crippen LogP contribution < -0.4 is 16.0 Å². The molecule has 3 atom stereocenters. The van der Waals surface area contributed by atoms with Crippen molar-refractivity contribution < 1.29 is 62.6 Å². The number of aromatic nitrogens is 1. The van der Waals surface area contributed by atoms with E-state index in [1.807, 2.05) is 31.7 Å². The molecule has 1 saturated heterocycles. The van der Waals surface area contributed by atoms with Gasteiger partial charge in [0.15, 0.2) is 0 Å². The molecule has 0 radical (unpaired) electrons. The Morgan fingerprint density at radius 2 is 1.63 bits per heavy atom. The largest absolute Gasteiger partial charge is 0.480 e. The highest BCUT2D eigenvalue weighted by molar-refractivity contribution is 7.72. The normalized spacial score (nSPS) is 17.2. The van der Waals surface area contributed by atoms with E-state index < -0.39 is 69.6 Å². The minimum absolute atomic E-state index is 0.0860. The van der Waals surface area contributed by atoms with Gasteiger partial charge in [-0.15, -0.1) is 0 Å². The van der Waals surface area contributed by atoms with Gasteiger partial charge in [-0.2, -0.15) is 0 Å². The number of rotatable bonds is 18. The van der Waals surface area contributed by atoms with Crippen LogP contribution in [0.25, 0.3) is 5.57 Å². The Morgan fingerprint density at radius 3 is 2.17 bits per heavy atom. The number of hydrogen-bond donors (Lipinski definition) is 9. The van der Waals surface area contributed by atoms with Crippen molar-refractivity contribution in [3.63, 3.8) is 0 Å². The Bertz CT molecular complexity index is 1520. The lowest BCUT2D eigenvalue weighted by atomic mass is 9.73. The summed E-state index contributed by atoms with van der Waals surface area (Å²) in [7, 11) is -12.4. The third-order valence-corrected chi connectivity index (χ3v) is 11.7. The SMILES string of the molecule is C=C/C=C\C=C(/C)c1cncc(C(=O)NC(C(=O)N[C@@H](CC(C)C)B2OCCN(CCNC(=O)CC(O)(P(=O)(O)O)P(=O)(O)O)CCO2)[C@@H](C)O)c1. The zero-order valence-corrected chi connectivity index (χ0v) is 31.4. The molecular formula is C31H50BN5O13P2. The Labute approximate surface area is 303 Å². The van der Waals surface area contributed by atoms with E-state index in [2.05, 4.69) is 27.5 Å². The lowest BCUT2D eigenvalue weighted by Gasteiger charge is -2.32. The third kappa shape index (κ3) is 13.7. The van der Waals surface area contributed by atoms with E-state index in [4.69, 9.17) is 9.31 Å². The molecule has 18 nitrogen and oxygen atoms in total. The van der Waals surface area contributed by atoms with E-state index in [-0.39, 0.29) is 37.8 Å². The van der Waals surface area contributed by atoms with Crippen LogP contribution in [0, 0.1) is 5.92 Å². The Kier molecular flexibility index (Phi) is 17.7. The van der Waals surface area contributed by atoms with Crippen LogP contribution in [0.4, 0.5) is 0 Å². The van der Waals surface area contributed by atoms with E-state index in [0.717, 1.165) is 5.57 Å². The van der Waals surface area contributed by atoms with Crippen LogP contribution in [0.1, 0.15) is 56.5 Å². The highest BCUT2D eigenvalue weighted by Gasteiger charge is 2.60. The molecule has 0 bridgehead atoms. The van der Waals surface area contributed by atoms with Gasteiger partial charge in [0.25, 0.3) is 11.0 Å². The van der Waals surface area contributed by atoms with Gasteiger partial charge in [0.05, 0.1) is 24.0 Å². The summed E-state index contributed by atoms with van der Waals surface area (Å²) in [4.78, 5) is 81.8. The number of aliphatic hydroxyl groups is 2. The standard InChI is InChI=1S/C31H50BN5O13P2/c1-6-7-8-9-22(4)24-17-25(20-33-19-24)29(40)36-28(23(5)38)30(41)35-26(16-21(2)3)32-49-14-12-37(13-15-50-32)11-10-34-27(39)18-31(42,51(43,44)45)52(46,47)48/h6-9,17,19-21,23,26,28,38,42H,1,10-16,18H2,2-5H3,(H,34,39)(H,35,41)(H,36,40)(H2,43,44,45)(H2,46,47,48)/b8-7-,22-9+/t23-,26+,28?/m1/s1. The van der Waals surface area contributed by atoms with Crippen molar-refractivity contribution in [3.05, 3.63) is 60.5 Å². The molecule has 1 aromatic rings. The lowest BCUT2D eigenvalue weighted by Crippen LogP contribution is -2.59. The molecule has 0 spiro atoms. The zero-order valence-electron chi connectivity index (χ0n) is 29.6. The number of pyridine rings is 1. The van der Waals surface area contributed by atoms with Crippen molar-refractivity contribution in [3.8, 4) is 0 Å². The predicted octanol–water partition coefficient (Wildman–Crippen LogP) is 0.121. The average molecular weight is 774 g/mol. The van der Waals surface area contributed by atoms with E-state index in [1.165, 1.54) is 13.1 Å². The Hall–Kier alpha value is -3.06. The van der Waals surface area contributed by atoms with E-state index in [1.54, 1.807) is 30.5 Å². The number of amides is 3. The molecule has 0 aliphatic carbocycles. The fourth-order valence-electron chi connectivity index (χ4n) is 5.02. The molecule has 0 aromatic carbocycles. The first kappa shape index (κ1) is 45.1. The van der Waals surface area contributed by atoms with Gasteiger partial charge in [0.2, 0.25) is 11.8 Å². The zero-order chi connectivity index (χ0) is 39.3. The molecule has 1 fully saturated rings. The minimum atomic E-state index is -5.78. The predicted molar refractivity (Wildman–Crippen MR) is 192 cm³/mol. The van der Waals surface area contributed by atoms with Crippen LogP contribution in [-0.4, -0.2) is 127 Å². The summed E-state index contributed by atoms with van der Waals surface area (Å²) in [6.07, 6.45) is 7.62. The van der Waals surface area contributed by atoms with Crippen LogP contribution in [0.5, 0.6) is 0 Å². The first-order valence-electron chi connectivity index (χ1n) is 16.5. The number of nitrogens with zero attached hydrogens (tertiary/aromatic N) is 2. The van der Waals surface area contributed by atoms with Crippen molar-refractivity contribution in [2.75, 3.05) is 39.4 Å². The maximum Gasteiger partial charge on any atom is 0.480 e. The molecule has 1 aliphatic rings. The van der Waals surface area contributed by atoms with Crippen LogP contribution in [0.2, 0.25) is 0 Å². The van der Waals surface area contributed by atoms with Gasteiger partial charge in [0.1, 0.15) is 6.04 Å². The van der Waals surface area contributed by atoms with Crippen molar-refractivity contribution in [1.82, 2.24) is 25.8 Å². The number of carbonyl (C=O) groups is 3. The van der Waals surface area contributed by atoms with Crippen LogP contribution in [-0.2, 0) is 28.0 Å². The lowest BCUT2D eigenvalue weighted by molar-refractivity contribution is -0.126. The molecule has 1 aliphatic heterocycles. The van der Waals surface area contributed by atoms with Crippen molar-refractivity contribution in [2.24, 2.45) is 5.92 Å². The van der Waals surface area contributed by atoms with Crippen molar-refractivity contribution in [2.45, 2.75) is 63.7 Å². The highest BCUT2D eigenvalue weighted by Crippen LogP contribution is 2.68. The first-order valence-corrected chi connectivity index (χ1v) is 19.7. The van der Waals surface area contributed by atoms with Gasteiger partial charge >= 0.3 is 22.3 Å². The number of hydrogen-bond acceptors (Lipinski definition) is 11. The summed E-state index contributed by atoms with van der Waals surface area (Å²) < 4.78 is 35.0. The van der Waals surface area contributed by atoms with E-state index >= 15 is 0 Å². The number of carbonyl (C=O) groups excluding carboxylic acids is 3. The quantitative estimate of drug-likeness (QED) is 0.0545. The van der Waals surface area contributed by atoms with Gasteiger partial charge < -0.3 is 55.0 Å².